The first-order chi connectivity index (χ1) is 6.50. The molecule has 0 saturated carbocycles. The van der Waals surface area contributed by atoms with Crippen LogP contribution in [0, 0.1) is 17.6 Å². The van der Waals surface area contributed by atoms with Crippen molar-refractivity contribution in [2.24, 2.45) is 5.92 Å². The van der Waals surface area contributed by atoms with E-state index in [-0.39, 0.29) is 10.7 Å². The summed E-state index contributed by atoms with van der Waals surface area (Å²) in [4.78, 5) is 0. The first-order valence-corrected chi connectivity index (χ1v) is 4.77. The monoisotopic (exact) mass is 219 g/mol. The molecule has 0 aromatic heterocycles. The van der Waals surface area contributed by atoms with Gasteiger partial charge in [0, 0.05) is 12.6 Å². The van der Waals surface area contributed by atoms with Gasteiger partial charge in [0.05, 0.1) is 10.7 Å². The van der Waals surface area contributed by atoms with E-state index in [1.807, 2.05) is 13.8 Å². The minimum absolute atomic E-state index is 0.0724. The molecule has 0 atom stereocenters. The topological polar surface area (TPSA) is 12.0 Å². The number of nitrogens with one attached hydrogen (secondary N) is 1. The van der Waals surface area contributed by atoms with Gasteiger partial charge in [-0.3, -0.25) is 0 Å². The highest BCUT2D eigenvalue weighted by atomic mass is 35.5. The van der Waals surface area contributed by atoms with Gasteiger partial charge in [-0.2, -0.15) is 0 Å². The summed E-state index contributed by atoms with van der Waals surface area (Å²) in [6.07, 6.45) is 0. The lowest BCUT2D eigenvalue weighted by Gasteiger charge is -2.11. The Morgan fingerprint density at radius 1 is 1.36 bits per heavy atom. The Kier molecular flexibility index (Phi) is 3.69. The SMILES string of the molecule is CC(C)CNc1c(F)cc(F)cc1Cl. The Hall–Kier alpha value is -0.830. The van der Waals surface area contributed by atoms with Gasteiger partial charge in [-0.05, 0) is 12.0 Å². The van der Waals surface area contributed by atoms with E-state index in [9.17, 15) is 8.78 Å². The van der Waals surface area contributed by atoms with Gasteiger partial charge in [0.2, 0.25) is 0 Å². The standard InChI is InChI=1S/C10H12ClF2N/c1-6(2)5-14-10-8(11)3-7(12)4-9(10)13/h3-4,6,14H,5H2,1-2H3. The molecule has 78 valence electrons. The Morgan fingerprint density at radius 3 is 2.50 bits per heavy atom. The molecule has 1 rings (SSSR count). The van der Waals surface area contributed by atoms with Crippen molar-refractivity contribution in [2.45, 2.75) is 13.8 Å². The van der Waals surface area contributed by atoms with Crippen molar-refractivity contribution >= 4 is 17.3 Å². The molecular weight excluding hydrogens is 208 g/mol. The highest BCUT2D eigenvalue weighted by Crippen LogP contribution is 2.26. The van der Waals surface area contributed by atoms with E-state index < -0.39 is 11.6 Å². The van der Waals surface area contributed by atoms with E-state index in [1.54, 1.807) is 0 Å². The average Bonchev–Trinajstić information content (AvgIpc) is 2.01. The molecular formula is C10H12ClF2N. The van der Waals surface area contributed by atoms with Crippen LogP contribution in [0.15, 0.2) is 12.1 Å². The van der Waals surface area contributed by atoms with Crippen LogP contribution in [0.25, 0.3) is 0 Å². The van der Waals surface area contributed by atoms with E-state index in [4.69, 9.17) is 11.6 Å². The zero-order valence-electron chi connectivity index (χ0n) is 8.07. The second-order valence-electron chi connectivity index (χ2n) is 3.52. The van der Waals surface area contributed by atoms with E-state index in [0.29, 0.717) is 12.5 Å². The van der Waals surface area contributed by atoms with Crippen LogP contribution < -0.4 is 5.32 Å². The lowest BCUT2D eigenvalue weighted by Crippen LogP contribution is -2.09. The van der Waals surface area contributed by atoms with Gasteiger partial charge < -0.3 is 5.32 Å². The third-order valence-electron chi connectivity index (χ3n) is 1.69. The first kappa shape index (κ1) is 11.2. The third-order valence-corrected chi connectivity index (χ3v) is 1.99. The van der Waals surface area contributed by atoms with Gasteiger partial charge in [-0.1, -0.05) is 25.4 Å². The molecule has 0 radical (unpaired) electrons. The number of rotatable bonds is 3. The van der Waals surface area contributed by atoms with Crippen LogP contribution >= 0.6 is 11.6 Å². The third kappa shape index (κ3) is 2.84. The average molecular weight is 220 g/mol. The molecule has 1 nitrogen and oxygen atoms in total. The van der Waals surface area contributed by atoms with Crippen molar-refractivity contribution in [1.82, 2.24) is 0 Å². The highest BCUT2D eigenvalue weighted by molar-refractivity contribution is 6.33. The summed E-state index contributed by atoms with van der Waals surface area (Å²) in [5.41, 5.74) is 0.168. The molecule has 4 heteroatoms. The number of hydrogen-bond acceptors (Lipinski definition) is 1. The van der Waals surface area contributed by atoms with Crippen LogP contribution in [0.1, 0.15) is 13.8 Å². The zero-order chi connectivity index (χ0) is 10.7. The van der Waals surface area contributed by atoms with E-state index in [0.717, 1.165) is 12.1 Å². The van der Waals surface area contributed by atoms with Crippen molar-refractivity contribution in [3.63, 3.8) is 0 Å². The molecule has 0 amide bonds. The summed E-state index contributed by atoms with van der Waals surface area (Å²) in [5.74, 6) is -0.950. The summed E-state index contributed by atoms with van der Waals surface area (Å²) >= 11 is 5.68. The fourth-order valence-corrected chi connectivity index (χ4v) is 1.28. The van der Waals surface area contributed by atoms with Crippen molar-refractivity contribution in [3.05, 3.63) is 28.8 Å². The predicted octanol–water partition coefficient (Wildman–Crippen LogP) is 3.69. The van der Waals surface area contributed by atoms with E-state index in [1.165, 1.54) is 0 Å². The second-order valence-corrected chi connectivity index (χ2v) is 3.93. The maximum atomic E-state index is 13.2. The molecule has 0 bridgehead atoms. The Balaban J connectivity index is 2.86. The first-order valence-electron chi connectivity index (χ1n) is 4.39. The Bertz CT molecular complexity index is 303. The van der Waals surface area contributed by atoms with Crippen molar-refractivity contribution in [1.29, 1.82) is 0 Å². The van der Waals surface area contributed by atoms with Gasteiger partial charge in [0.25, 0.3) is 0 Å². The minimum Gasteiger partial charge on any atom is -0.381 e. The molecule has 0 unspecified atom stereocenters. The van der Waals surface area contributed by atoms with Crippen LogP contribution in [0.2, 0.25) is 5.02 Å². The summed E-state index contributed by atoms with van der Waals surface area (Å²) in [5, 5.41) is 2.91. The molecule has 1 N–H and O–H groups in total. The Morgan fingerprint density at radius 2 is 2.00 bits per heavy atom. The maximum Gasteiger partial charge on any atom is 0.150 e. The van der Waals surface area contributed by atoms with E-state index in [2.05, 4.69) is 5.32 Å². The smallest absolute Gasteiger partial charge is 0.150 e. The normalized spacial score (nSPS) is 10.7. The summed E-state index contributed by atoms with van der Waals surface area (Å²) in [6.45, 7) is 4.58. The molecule has 0 aliphatic carbocycles. The Labute approximate surface area is 87.1 Å². The molecule has 0 saturated heterocycles. The molecule has 0 aliphatic rings. The fourth-order valence-electron chi connectivity index (χ4n) is 1.02. The van der Waals surface area contributed by atoms with E-state index >= 15 is 0 Å². The van der Waals surface area contributed by atoms with Gasteiger partial charge in [-0.15, -0.1) is 0 Å². The van der Waals surface area contributed by atoms with Crippen LogP contribution in [-0.4, -0.2) is 6.54 Å². The molecule has 1 aromatic carbocycles. The molecule has 0 aliphatic heterocycles. The van der Waals surface area contributed by atoms with Crippen molar-refractivity contribution in [3.8, 4) is 0 Å². The largest absolute Gasteiger partial charge is 0.381 e. The minimum atomic E-state index is -0.664. The number of benzene rings is 1. The number of halogens is 3. The molecule has 0 heterocycles. The summed E-state index contributed by atoms with van der Waals surface area (Å²) < 4.78 is 25.8. The second kappa shape index (κ2) is 4.60. The lowest BCUT2D eigenvalue weighted by molar-refractivity contribution is 0.583. The van der Waals surface area contributed by atoms with Crippen molar-refractivity contribution in [2.75, 3.05) is 11.9 Å². The fraction of sp³-hybridized carbons (Fsp3) is 0.400. The van der Waals surface area contributed by atoms with Crippen molar-refractivity contribution < 1.29 is 8.78 Å². The van der Waals surface area contributed by atoms with Crippen LogP contribution in [0.3, 0.4) is 0 Å². The van der Waals surface area contributed by atoms with Gasteiger partial charge in [-0.25, -0.2) is 8.78 Å². The molecule has 14 heavy (non-hydrogen) atoms. The number of anilines is 1. The molecule has 0 spiro atoms. The molecule has 1 aromatic rings. The summed E-state index contributed by atoms with van der Waals surface area (Å²) in [7, 11) is 0. The van der Waals surface area contributed by atoms with Crippen LogP contribution in [0.5, 0.6) is 0 Å². The maximum absolute atomic E-state index is 13.2. The van der Waals surface area contributed by atoms with Gasteiger partial charge in [0.1, 0.15) is 5.82 Å². The number of hydrogen-bond donors (Lipinski definition) is 1. The lowest BCUT2D eigenvalue weighted by atomic mass is 10.2. The quantitative estimate of drug-likeness (QED) is 0.818. The summed E-state index contributed by atoms with van der Waals surface area (Å²) in [6, 6.07) is 1.90. The van der Waals surface area contributed by atoms with Crippen LogP contribution in [0.4, 0.5) is 14.5 Å². The van der Waals surface area contributed by atoms with Crippen LogP contribution in [-0.2, 0) is 0 Å². The molecule has 0 fully saturated rings. The predicted molar refractivity (Wildman–Crippen MR) is 54.7 cm³/mol. The van der Waals surface area contributed by atoms with Gasteiger partial charge >= 0.3 is 0 Å². The van der Waals surface area contributed by atoms with Gasteiger partial charge in [0.15, 0.2) is 5.82 Å². The zero-order valence-corrected chi connectivity index (χ0v) is 8.83. The highest BCUT2D eigenvalue weighted by Gasteiger charge is 2.09.